The number of benzene rings is 2. The van der Waals surface area contributed by atoms with Crippen molar-refractivity contribution in [3.63, 3.8) is 0 Å². The minimum atomic E-state index is -4.71. The third-order valence-corrected chi connectivity index (χ3v) is 6.18. The van der Waals surface area contributed by atoms with Crippen LogP contribution in [0.15, 0.2) is 53.1 Å². The molecule has 5 rings (SSSR count). The monoisotopic (exact) mass is 442 g/mol. The van der Waals surface area contributed by atoms with E-state index in [1.165, 1.54) is 17.2 Å². The maximum atomic E-state index is 13.0. The van der Waals surface area contributed by atoms with Gasteiger partial charge in [-0.1, -0.05) is 41.6 Å². The van der Waals surface area contributed by atoms with Gasteiger partial charge in [-0.05, 0) is 36.1 Å². The van der Waals surface area contributed by atoms with Crippen molar-refractivity contribution < 1.29 is 22.5 Å². The van der Waals surface area contributed by atoms with Gasteiger partial charge in [0.1, 0.15) is 0 Å². The van der Waals surface area contributed by atoms with Crippen LogP contribution < -0.4 is 0 Å². The number of rotatable bonds is 3. The standard InChI is InChI=1S/C23H21F3N4O2/c24-23(25,26)22-27-20(28-32-22)17-6-3-7-18(12-17)21(31)30-10-8-29(9-11-30)19-13-15-4-1-2-5-16(15)14-19/h1-7,12,19H,8-11,13-14H2. The number of fused-ring (bicyclic) bond motifs is 1. The summed E-state index contributed by atoms with van der Waals surface area (Å²) >= 11 is 0. The van der Waals surface area contributed by atoms with Crippen LogP contribution in [0.1, 0.15) is 27.4 Å². The van der Waals surface area contributed by atoms with E-state index in [2.05, 4.69) is 43.8 Å². The van der Waals surface area contributed by atoms with E-state index < -0.39 is 12.1 Å². The van der Waals surface area contributed by atoms with Crippen molar-refractivity contribution >= 4 is 5.91 Å². The van der Waals surface area contributed by atoms with Gasteiger partial charge in [0, 0.05) is 43.3 Å². The minimum absolute atomic E-state index is 0.152. The van der Waals surface area contributed by atoms with Gasteiger partial charge >= 0.3 is 12.1 Å². The van der Waals surface area contributed by atoms with Crippen LogP contribution in [0.25, 0.3) is 11.4 Å². The average molecular weight is 442 g/mol. The molecule has 9 heteroatoms. The highest BCUT2D eigenvalue weighted by atomic mass is 19.4. The van der Waals surface area contributed by atoms with Crippen LogP contribution in [0.5, 0.6) is 0 Å². The Kier molecular flexibility index (Phi) is 5.21. The molecule has 0 bridgehead atoms. The molecule has 0 saturated carbocycles. The molecule has 1 amide bonds. The zero-order chi connectivity index (χ0) is 22.3. The van der Waals surface area contributed by atoms with E-state index in [0.29, 0.717) is 30.3 Å². The molecule has 1 aliphatic heterocycles. The Labute approximate surface area is 182 Å². The van der Waals surface area contributed by atoms with Crippen LogP contribution in [0.2, 0.25) is 0 Å². The number of piperazine rings is 1. The van der Waals surface area contributed by atoms with Crippen LogP contribution in [-0.2, 0) is 19.0 Å². The second-order valence-electron chi connectivity index (χ2n) is 8.16. The van der Waals surface area contributed by atoms with E-state index in [9.17, 15) is 18.0 Å². The number of hydrogen-bond donors (Lipinski definition) is 0. The topological polar surface area (TPSA) is 62.5 Å². The molecule has 1 fully saturated rings. The number of carbonyl (C=O) groups is 1. The zero-order valence-corrected chi connectivity index (χ0v) is 17.2. The van der Waals surface area contributed by atoms with Gasteiger partial charge in [-0.15, -0.1) is 0 Å². The van der Waals surface area contributed by atoms with E-state index in [1.54, 1.807) is 23.1 Å². The molecule has 0 spiro atoms. The van der Waals surface area contributed by atoms with Crippen LogP contribution in [0, 0.1) is 0 Å². The predicted molar refractivity (Wildman–Crippen MR) is 110 cm³/mol. The molecule has 166 valence electrons. The van der Waals surface area contributed by atoms with Crippen molar-refractivity contribution in [3.05, 3.63) is 71.1 Å². The summed E-state index contributed by atoms with van der Waals surface area (Å²) < 4.78 is 42.5. The summed E-state index contributed by atoms with van der Waals surface area (Å²) in [6, 6.07) is 15.3. The van der Waals surface area contributed by atoms with Crippen LogP contribution in [0.4, 0.5) is 13.2 Å². The fraction of sp³-hybridized carbons (Fsp3) is 0.348. The maximum absolute atomic E-state index is 13.0. The summed E-state index contributed by atoms with van der Waals surface area (Å²) in [5.74, 6) is -1.76. The summed E-state index contributed by atoms with van der Waals surface area (Å²) in [6.07, 6.45) is -2.63. The first kappa shape index (κ1) is 20.7. The molecule has 1 aromatic heterocycles. The van der Waals surface area contributed by atoms with Gasteiger partial charge in [0.2, 0.25) is 5.82 Å². The number of halogens is 3. The average Bonchev–Trinajstić information content (AvgIpc) is 3.46. The van der Waals surface area contributed by atoms with Gasteiger partial charge in [-0.2, -0.15) is 18.2 Å². The molecule has 32 heavy (non-hydrogen) atoms. The number of aromatic nitrogens is 2. The van der Waals surface area contributed by atoms with Crippen molar-refractivity contribution in [2.24, 2.45) is 0 Å². The SMILES string of the molecule is O=C(c1cccc(-c2noc(C(F)(F)F)n2)c1)N1CCN(C2Cc3ccccc3C2)CC1. The molecule has 6 nitrogen and oxygen atoms in total. The number of hydrogen-bond acceptors (Lipinski definition) is 5. The molecular formula is C23H21F3N4O2. The Morgan fingerprint density at radius 3 is 2.28 bits per heavy atom. The molecule has 3 aromatic rings. The Morgan fingerprint density at radius 1 is 0.969 bits per heavy atom. The first-order valence-corrected chi connectivity index (χ1v) is 10.5. The molecule has 0 atom stereocenters. The smallest absolute Gasteiger partial charge is 0.336 e. The third-order valence-electron chi connectivity index (χ3n) is 6.18. The largest absolute Gasteiger partial charge is 0.471 e. The van der Waals surface area contributed by atoms with Crippen molar-refractivity contribution in [1.82, 2.24) is 19.9 Å². The van der Waals surface area contributed by atoms with Crippen molar-refractivity contribution in [2.75, 3.05) is 26.2 Å². The van der Waals surface area contributed by atoms with Crippen LogP contribution in [0.3, 0.4) is 0 Å². The number of nitrogens with zero attached hydrogens (tertiary/aromatic N) is 4. The van der Waals surface area contributed by atoms with Gasteiger partial charge in [0.15, 0.2) is 0 Å². The first-order chi connectivity index (χ1) is 15.4. The molecule has 2 heterocycles. The summed E-state index contributed by atoms with van der Waals surface area (Å²) in [4.78, 5) is 20.6. The minimum Gasteiger partial charge on any atom is -0.336 e. The van der Waals surface area contributed by atoms with E-state index >= 15 is 0 Å². The van der Waals surface area contributed by atoms with E-state index in [-0.39, 0.29) is 11.7 Å². The number of amides is 1. The summed E-state index contributed by atoms with van der Waals surface area (Å²) in [6.45, 7) is 2.81. The summed E-state index contributed by atoms with van der Waals surface area (Å²) in [7, 11) is 0. The molecule has 2 aliphatic rings. The third kappa shape index (κ3) is 4.00. The highest BCUT2D eigenvalue weighted by Gasteiger charge is 2.38. The van der Waals surface area contributed by atoms with Crippen molar-refractivity contribution in [2.45, 2.75) is 25.1 Å². The number of carbonyl (C=O) groups excluding carboxylic acids is 1. The molecule has 2 aromatic carbocycles. The number of alkyl halides is 3. The van der Waals surface area contributed by atoms with Gasteiger partial charge < -0.3 is 9.42 Å². The quantitative estimate of drug-likeness (QED) is 0.619. The highest BCUT2D eigenvalue weighted by Crippen LogP contribution is 2.30. The second kappa shape index (κ2) is 8.05. The van der Waals surface area contributed by atoms with E-state index in [1.807, 2.05) is 0 Å². The molecular weight excluding hydrogens is 421 g/mol. The normalized spacial score (nSPS) is 17.5. The fourth-order valence-electron chi connectivity index (χ4n) is 4.51. The highest BCUT2D eigenvalue weighted by molar-refractivity contribution is 5.95. The maximum Gasteiger partial charge on any atom is 0.471 e. The predicted octanol–water partition coefficient (Wildman–Crippen LogP) is 3.68. The van der Waals surface area contributed by atoms with Crippen molar-refractivity contribution in [1.29, 1.82) is 0 Å². The first-order valence-electron chi connectivity index (χ1n) is 10.5. The molecule has 0 radical (unpaired) electrons. The van der Waals surface area contributed by atoms with E-state index in [0.717, 1.165) is 25.9 Å². The lowest BCUT2D eigenvalue weighted by molar-refractivity contribution is -0.159. The Hall–Kier alpha value is -3.20. The lowest BCUT2D eigenvalue weighted by Crippen LogP contribution is -2.52. The lowest BCUT2D eigenvalue weighted by atomic mass is 10.1. The van der Waals surface area contributed by atoms with Crippen molar-refractivity contribution in [3.8, 4) is 11.4 Å². The summed E-state index contributed by atoms with van der Waals surface area (Å²) in [5, 5.41) is 3.40. The van der Waals surface area contributed by atoms with Gasteiger partial charge in [-0.3, -0.25) is 9.69 Å². The molecule has 1 saturated heterocycles. The van der Waals surface area contributed by atoms with Gasteiger partial charge in [0.25, 0.3) is 5.91 Å². The molecule has 1 aliphatic carbocycles. The zero-order valence-electron chi connectivity index (χ0n) is 17.2. The second-order valence-corrected chi connectivity index (χ2v) is 8.16. The fourth-order valence-corrected chi connectivity index (χ4v) is 4.51. The Morgan fingerprint density at radius 2 is 1.66 bits per heavy atom. The van der Waals surface area contributed by atoms with Crippen LogP contribution in [-0.4, -0.2) is 58.1 Å². The molecule has 0 N–H and O–H groups in total. The van der Waals surface area contributed by atoms with E-state index in [4.69, 9.17) is 0 Å². The Balaban J connectivity index is 1.23. The summed E-state index contributed by atoms with van der Waals surface area (Å²) in [5.41, 5.74) is 3.51. The van der Waals surface area contributed by atoms with Gasteiger partial charge in [-0.25, -0.2) is 0 Å². The molecule has 0 unspecified atom stereocenters. The Bertz CT molecular complexity index is 1110. The lowest BCUT2D eigenvalue weighted by Gasteiger charge is -2.38. The van der Waals surface area contributed by atoms with Gasteiger partial charge in [0.05, 0.1) is 0 Å². The van der Waals surface area contributed by atoms with Crippen LogP contribution >= 0.6 is 0 Å².